The number of carbonyl (C=O) groups is 2. The van der Waals surface area contributed by atoms with E-state index in [9.17, 15) is 19.8 Å². The molecule has 33 heavy (non-hydrogen) atoms. The fraction of sp³-hybridized carbons (Fsp3) is 0.931. The highest BCUT2D eigenvalue weighted by atomic mass is 16.4. The van der Waals surface area contributed by atoms with E-state index in [2.05, 4.69) is 27.7 Å². The Morgan fingerprint density at radius 3 is 0.970 bits per heavy atom. The molecule has 0 aliphatic rings. The van der Waals surface area contributed by atoms with Crippen molar-refractivity contribution in [1.82, 2.24) is 0 Å². The Morgan fingerprint density at radius 2 is 0.727 bits per heavy atom. The predicted molar refractivity (Wildman–Crippen MR) is 140 cm³/mol. The summed E-state index contributed by atoms with van der Waals surface area (Å²) in [6.07, 6.45) is 21.2. The fourth-order valence-electron chi connectivity index (χ4n) is 4.72. The van der Waals surface area contributed by atoms with E-state index in [1.807, 2.05) is 0 Å². The van der Waals surface area contributed by atoms with E-state index >= 15 is 0 Å². The molecule has 0 heterocycles. The first kappa shape index (κ1) is 31.9. The fourth-order valence-corrected chi connectivity index (χ4v) is 4.72. The number of hydrogen-bond acceptors (Lipinski definition) is 2. The molecule has 4 nitrogen and oxygen atoms in total. The van der Waals surface area contributed by atoms with Gasteiger partial charge in [0, 0.05) is 0 Å². The van der Waals surface area contributed by atoms with Gasteiger partial charge in [-0.3, -0.25) is 9.59 Å². The Labute approximate surface area is 205 Å². The summed E-state index contributed by atoms with van der Waals surface area (Å²) in [5.74, 6) is -0.716. The van der Waals surface area contributed by atoms with Crippen molar-refractivity contribution >= 4 is 11.9 Å². The molecule has 0 saturated heterocycles. The van der Waals surface area contributed by atoms with Crippen molar-refractivity contribution in [3.8, 4) is 0 Å². The van der Waals surface area contributed by atoms with Gasteiger partial charge in [0.05, 0.1) is 0 Å². The lowest BCUT2D eigenvalue weighted by molar-refractivity contribution is -0.166. The number of rotatable bonds is 24. The maximum Gasteiger partial charge on any atom is 0.321 e. The summed E-state index contributed by atoms with van der Waals surface area (Å²) < 4.78 is 0. The Bertz CT molecular complexity index is 440. The van der Waals surface area contributed by atoms with E-state index in [4.69, 9.17) is 0 Å². The predicted octanol–water partition coefficient (Wildman–Crippen LogP) is 9.26. The highest BCUT2D eigenvalue weighted by Gasteiger charge is 2.45. The van der Waals surface area contributed by atoms with Crippen LogP contribution in [0.5, 0.6) is 0 Å². The van der Waals surface area contributed by atoms with Gasteiger partial charge in [0.1, 0.15) is 0 Å². The van der Waals surface area contributed by atoms with Crippen LogP contribution in [0.3, 0.4) is 0 Å². The minimum absolute atomic E-state index is 0.266. The van der Waals surface area contributed by atoms with Gasteiger partial charge in [-0.05, 0) is 24.7 Å². The summed E-state index contributed by atoms with van der Waals surface area (Å²) in [6.45, 7) is 9.08. The first-order chi connectivity index (χ1) is 15.7. The first-order valence-corrected chi connectivity index (χ1v) is 14.2. The third-order valence-corrected chi connectivity index (χ3v) is 7.09. The van der Waals surface area contributed by atoms with E-state index in [-0.39, 0.29) is 12.8 Å². The SMILES string of the molecule is CC(C)CCCCCCCCCCC(CCCCCCCCCCC(C)C)(C(=O)O)C(=O)O. The third-order valence-electron chi connectivity index (χ3n) is 7.09. The number of carboxylic acids is 2. The van der Waals surface area contributed by atoms with Crippen LogP contribution in [0.25, 0.3) is 0 Å². The molecule has 0 aromatic rings. The lowest BCUT2D eigenvalue weighted by Crippen LogP contribution is -2.39. The standard InChI is InChI=1S/C29H56O4/c1-25(2)21-17-13-9-5-7-11-15-19-23-29(27(30)31,28(32)33)24-20-16-12-8-6-10-14-18-22-26(3)4/h25-26H,5-24H2,1-4H3,(H,30,31)(H,32,33). The minimum Gasteiger partial charge on any atom is -0.480 e. The van der Waals surface area contributed by atoms with E-state index in [0.29, 0.717) is 12.8 Å². The molecule has 0 unspecified atom stereocenters. The maximum atomic E-state index is 11.9. The topological polar surface area (TPSA) is 74.6 Å². The second-order valence-electron chi connectivity index (χ2n) is 11.2. The van der Waals surface area contributed by atoms with Crippen LogP contribution in [0, 0.1) is 17.3 Å². The van der Waals surface area contributed by atoms with E-state index in [1.165, 1.54) is 77.0 Å². The molecular weight excluding hydrogens is 412 g/mol. The summed E-state index contributed by atoms with van der Waals surface area (Å²) in [5, 5.41) is 19.5. The smallest absolute Gasteiger partial charge is 0.321 e. The molecule has 0 amide bonds. The van der Waals surface area contributed by atoms with Gasteiger partial charge in [0.2, 0.25) is 0 Å². The Hall–Kier alpha value is -1.06. The van der Waals surface area contributed by atoms with Crippen LogP contribution in [0.2, 0.25) is 0 Å². The largest absolute Gasteiger partial charge is 0.480 e. The summed E-state index contributed by atoms with van der Waals surface area (Å²) in [5.41, 5.74) is -1.59. The van der Waals surface area contributed by atoms with Gasteiger partial charge in [-0.1, -0.05) is 143 Å². The van der Waals surface area contributed by atoms with Crippen LogP contribution in [0.4, 0.5) is 0 Å². The third kappa shape index (κ3) is 17.1. The summed E-state index contributed by atoms with van der Waals surface area (Å²) in [7, 11) is 0. The highest BCUT2D eigenvalue weighted by molar-refractivity contribution is 5.98. The molecule has 0 saturated carbocycles. The van der Waals surface area contributed by atoms with Crippen molar-refractivity contribution < 1.29 is 19.8 Å². The molecule has 196 valence electrons. The summed E-state index contributed by atoms with van der Waals surface area (Å²) in [4.78, 5) is 23.8. The van der Waals surface area contributed by atoms with Crippen molar-refractivity contribution in [2.75, 3.05) is 0 Å². The van der Waals surface area contributed by atoms with Gasteiger partial charge < -0.3 is 10.2 Å². The highest BCUT2D eigenvalue weighted by Crippen LogP contribution is 2.33. The first-order valence-electron chi connectivity index (χ1n) is 14.2. The quantitative estimate of drug-likeness (QED) is 0.109. The normalized spacial score (nSPS) is 12.1. The van der Waals surface area contributed by atoms with E-state index < -0.39 is 17.4 Å². The van der Waals surface area contributed by atoms with Crippen molar-refractivity contribution in [2.45, 2.75) is 156 Å². The van der Waals surface area contributed by atoms with Crippen LogP contribution in [0.15, 0.2) is 0 Å². The Balaban J connectivity index is 4.00. The molecule has 0 spiro atoms. The van der Waals surface area contributed by atoms with Crippen molar-refractivity contribution in [2.24, 2.45) is 17.3 Å². The Kier molecular flexibility index (Phi) is 19.7. The van der Waals surface area contributed by atoms with Gasteiger partial charge in [0.15, 0.2) is 5.41 Å². The van der Waals surface area contributed by atoms with Crippen LogP contribution in [-0.4, -0.2) is 22.2 Å². The van der Waals surface area contributed by atoms with Crippen molar-refractivity contribution in [1.29, 1.82) is 0 Å². The van der Waals surface area contributed by atoms with Gasteiger partial charge in [-0.15, -0.1) is 0 Å². The molecule has 0 radical (unpaired) electrons. The number of hydrogen-bond donors (Lipinski definition) is 2. The molecule has 0 rings (SSSR count). The molecule has 4 heteroatoms. The van der Waals surface area contributed by atoms with Gasteiger partial charge in [-0.25, -0.2) is 0 Å². The van der Waals surface area contributed by atoms with Gasteiger partial charge >= 0.3 is 11.9 Å². The summed E-state index contributed by atoms with van der Waals surface area (Å²) >= 11 is 0. The molecule has 0 aliphatic carbocycles. The monoisotopic (exact) mass is 468 g/mol. The average Bonchev–Trinajstić information content (AvgIpc) is 2.73. The molecule has 2 N–H and O–H groups in total. The van der Waals surface area contributed by atoms with Crippen LogP contribution >= 0.6 is 0 Å². The molecule has 0 fully saturated rings. The zero-order chi connectivity index (χ0) is 25.0. The van der Waals surface area contributed by atoms with Crippen LogP contribution < -0.4 is 0 Å². The number of aliphatic carboxylic acids is 2. The van der Waals surface area contributed by atoms with E-state index in [0.717, 1.165) is 37.5 Å². The maximum absolute atomic E-state index is 11.9. The van der Waals surface area contributed by atoms with E-state index in [1.54, 1.807) is 0 Å². The van der Waals surface area contributed by atoms with Crippen molar-refractivity contribution in [3.05, 3.63) is 0 Å². The molecule has 0 bridgehead atoms. The molecule has 0 aromatic heterocycles. The zero-order valence-electron chi connectivity index (χ0n) is 22.5. The second kappa shape index (κ2) is 20.3. The van der Waals surface area contributed by atoms with Crippen LogP contribution in [-0.2, 0) is 9.59 Å². The lowest BCUT2D eigenvalue weighted by atomic mass is 9.78. The minimum atomic E-state index is -1.59. The zero-order valence-corrected chi connectivity index (χ0v) is 22.5. The second-order valence-corrected chi connectivity index (χ2v) is 11.2. The van der Waals surface area contributed by atoms with Crippen molar-refractivity contribution in [3.63, 3.8) is 0 Å². The number of carboxylic acid groups (broad SMARTS) is 2. The molecule has 0 aromatic carbocycles. The Morgan fingerprint density at radius 1 is 0.485 bits per heavy atom. The lowest BCUT2D eigenvalue weighted by Gasteiger charge is -2.25. The summed E-state index contributed by atoms with van der Waals surface area (Å²) in [6, 6.07) is 0. The molecule has 0 atom stereocenters. The van der Waals surface area contributed by atoms with Gasteiger partial charge in [0.25, 0.3) is 0 Å². The molecule has 0 aliphatic heterocycles. The molecular formula is C29H56O4. The average molecular weight is 469 g/mol. The number of unbranched alkanes of at least 4 members (excludes halogenated alkanes) is 14. The van der Waals surface area contributed by atoms with Crippen LogP contribution in [0.1, 0.15) is 156 Å². The van der Waals surface area contributed by atoms with Gasteiger partial charge in [-0.2, -0.15) is 0 Å².